The smallest absolute Gasteiger partial charge is 0.128 e. The van der Waals surface area contributed by atoms with Crippen molar-refractivity contribution in [1.82, 2.24) is 40.2 Å². The number of hydrogen-bond donors (Lipinski definition) is 2. The highest BCUT2D eigenvalue weighted by Crippen LogP contribution is 2.60. The van der Waals surface area contributed by atoms with E-state index < -0.39 is 11.1 Å². The number of piperidine rings is 1. The minimum atomic E-state index is -0.615. The first-order valence-corrected chi connectivity index (χ1v) is 20.7. The van der Waals surface area contributed by atoms with Crippen LogP contribution in [-0.4, -0.2) is 126 Å². The summed E-state index contributed by atoms with van der Waals surface area (Å²) in [5.74, 6) is 0. The largest absolute Gasteiger partial charge is 0.369 e. The van der Waals surface area contributed by atoms with E-state index in [1.165, 1.54) is 54.7 Å². The quantitative estimate of drug-likeness (QED) is 0.246. The van der Waals surface area contributed by atoms with Crippen LogP contribution in [0.2, 0.25) is 0 Å². The second-order valence-electron chi connectivity index (χ2n) is 15.8. The van der Waals surface area contributed by atoms with E-state index in [-0.39, 0.29) is 6.04 Å². The second-order valence-corrected chi connectivity index (χ2v) is 15.8. The highest BCUT2D eigenvalue weighted by atomic mass is 15.5. The Morgan fingerprint density at radius 2 is 1.20 bits per heavy atom. The van der Waals surface area contributed by atoms with Crippen molar-refractivity contribution in [2.75, 3.05) is 90.0 Å². The van der Waals surface area contributed by atoms with Crippen LogP contribution in [0.4, 0.5) is 5.69 Å². The molecular weight excluding hydrogens is 667 g/mol. The molecule has 2 N–H and O–H groups in total. The summed E-state index contributed by atoms with van der Waals surface area (Å²) < 4.78 is 0. The molecule has 0 aliphatic carbocycles. The fraction of sp³-hybridized carbons (Fsp3) is 0.467. The van der Waals surface area contributed by atoms with Crippen LogP contribution in [-0.2, 0) is 5.41 Å². The number of anilines is 1. The number of pyridine rings is 2. The fourth-order valence-corrected chi connectivity index (χ4v) is 10.7. The van der Waals surface area contributed by atoms with E-state index in [0.717, 1.165) is 96.5 Å². The van der Waals surface area contributed by atoms with Crippen LogP contribution in [0, 0.1) is 0 Å². The molecule has 0 spiro atoms. The SMILES string of the molecule is c1ccc(N2C(c3ccccn3)=C(N3CCNCC3)C(N3CCCC3)C(c3ccccc3)(c3ccccn3)C2(CN2CCNCC2)N2CCCCC2)cc1. The lowest BCUT2D eigenvalue weighted by Gasteiger charge is -2.69. The lowest BCUT2D eigenvalue weighted by Crippen LogP contribution is -2.83. The summed E-state index contributed by atoms with van der Waals surface area (Å²) in [7, 11) is 0. The maximum atomic E-state index is 5.58. The lowest BCUT2D eigenvalue weighted by atomic mass is 9.56. The average molecular weight is 724 g/mol. The molecule has 2 aromatic heterocycles. The standard InChI is InChI=1S/C45H57N9/c1-4-16-37(17-5-1)45(40-21-9-11-23-49-40)43(52-28-14-15-29-52)42(51-34-26-47-27-35-51)41(39-20-8-10-22-48-39)54(38-18-6-2-7-19-38)44(45,53-30-12-3-13-31-53)36-50-32-24-46-25-33-50/h1-2,4-11,16-23,43,46-47H,3,12-15,24-36H2. The van der Waals surface area contributed by atoms with Crippen LogP contribution in [0.15, 0.2) is 115 Å². The Balaban J connectivity index is 1.51. The highest BCUT2D eigenvalue weighted by molar-refractivity contribution is 5.86. The molecular formula is C45H57N9. The fourth-order valence-electron chi connectivity index (χ4n) is 10.7. The Morgan fingerprint density at radius 1 is 0.593 bits per heavy atom. The third-order valence-corrected chi connectivity index (χ3v) is 12.9. The summed E-state index contributed by atoms with van der Waals surface area (Å²) in [6.45, 7) is 12.9. The van der Waals surface area contributed by atoms with Crippen LogP contribution >= 0.6 is 0 Å². The van der Waals surface area contributed by atoms with Crippen LogP contribution in [0.25, 0.3) is 5.70 Å². The minimum absolute atomic E-state index is 0.00258. The Hall–Kier alpha value is -4.12. The number of rotatable bonds is 9. The topological polar surface area (TPSA) is 66.0 Å². The molecule has 2 aromatic carbocycles. The first kappa shape index (κ1) is 35.6. The zero-order valence-corrected chi connectivity index (χ0v) is 31.8. The molecule has 3 unspecified atom stereocenters. The average Bonchev–Trinajstić information content (AvgIpc) is 3.80. The molecule has 7 heterocycles. The van der Waals surface area contributed by atoms with Gasteiger partial charge >= 0.3 is 0 Å². The summed E-state index contributed by atoms with van der Waals surface area (Å²) in [6.07, 6.45) is 10.1. The predicted molar refractivity (Wildman–Crippen MR) is 218 cm³/mol. The van der Waals surface area contributed by atoms with E-state index in [1.54, 1.807) is 0 Å². The van der Waals surface area contributed by atoms with Crippen molar-refractivity contribution in [2.24, 2.45) is 0 Å². The number of para-hydroxylation sites is 1. The zero-order chi connectivity index (χ0) is 36.2. The third-order valence-electron chi connectivity index (χ3n) is 12.9. The third kappa shape index (κ3) is 6.14. The van der Waals surface area contributed by atoms with E-state index in [2.05, 4.69) is 138 Å². The van der Waals surface area contributed by atoms with Gasteiger partial charge in [0, 0.05) is 90.1 Å². The molecule has 5 aliphatic rings. The first-order chi connectivity index (χ1) is 26.8. The van der Waals surface area contributed by atoms with Crippen LogP contribution in [0.3, 0.4) is 0 Å². The van der Waals surface area contributed by atoms with E-state index in [9.17, 15) is 0 Å². The van der Waals surface area contributed by atoms with E-state index in [4.69, 9.17) is 9.97 Å². The Morgan fingerprint density at radius 3 is 1.85 bits per heavy atom. The van der Waals surface area contributed by atoms with Gasteiger partial charge in [0.05, 0.1) is 34.2 Å². The Kier molecular flexibility index (Phi) is 10.5. The van der Waals surface area contributed by atoms with Crippen molar-refractivity contribution in [3.63, 3.8) is 0 Å². The van der Waals surface area contributed by atoms with Crippen LogP contribution in [0.1, 0.15) is 49.1 Å². The number of hydrogen-bond acceptors (Lipinski definition) is 9. The Bertz CT molecular complexity index is 1770. The van der Waals surface area contributed by atoms with Gasteiger partial charge in [-0.25, -0.2) is 0 Å². The zero-order valence-electron chi connectivity index (χ0n) is 31.8. The number of aromatic nitrogens is 2. The molecule has 282 valence electrons. The summed E-state index contributed by atoms with van der Waals surface area (Å²) >= 11 is 0. The number of nitrogens with one attached hydrogen (secondary N) is 2. The molecule has 9 heteroatoms. The number of piperazine rings is 2. The van der Waals surface area contributed by atoms with Gasteiger partial charge in [-0.05, 0) is 80.7 Å². The van der Waals surface area contributed by atoms with Gasteiger partial charge in [0.25, 0.3) is 0 Å². The van der Waals surface area contributed by atoms with Gasteiger partial charge < -0.3 is 20.4 Å². The van der Waals surface area contributed by atoms with Gasteiger partial charge in [-0.15, -0.1) is 0 Å². The summed E-state index contributed by atoms with van der Waals surface area (Å²) in [4.78, 5) is 25.1. The van der Waals surface area contributed by atoms with Gasteiger partial charge in [-0.2, -0.15) is 0 Å². The minimum Gasteiger partial charge on any atom is -0.369 e. The van der Waals surface area contributed by atoms with E-state index in [0.29, 0.717) is 0 Å². The first-order valence-electron chi connectivity index (χ1n) is 20.7. The van der Waals surface area contributed by atoms with Gasteiger partial charge in [0.2, 0.25) is 0 Å². The van der Waals surface area contributed by atoms with Crippen molar-refractivity contribution in [3.05, 3.63) is 132 Å². The summed E-state index contributed by atoms with van der Waals surface area (Å²) in [6, 6.07) is 36.3. The summed E-state index contributed by atoms with van der Waals surface area (Å²) in [5, 5.41) is 7.39. The van der Waals surface area contributed by atoms with Crippen molar-refractivity contribution in [2.45, 2.75) is 49.2 Å². The van der Waals surface area contributed by atoms with E-state index >= 15 is 0 Å². The molecule has 4 fully saturated rings. The van der Waals surface area contributed by atoms with E-state index in [1.807, 2.05) is 6.20 Å². The Labute approximate surface area is 322 Å². The molecule has 0 amide bonds. The molecule has 0 saturated carbocycles. The normalized spacial score (nSPS) is 27.7. The molecule has 0 radical (unpaired) electrons. The van der Waals surface area contributed by atoms with Gasteiger partial charge in [-0.1, -0.05) is 67.1 Å². The van der Waals surface area contributed by atoms with Crippen molar-refractivity contribution >= 4 is 11.4 Å². The van der Waals surface area contributed by atoms with Crippen LogP contribution < -0.4 is 15.5 Å². The molecule has 9 rings (SSSR count). The van der Waals surface area contributed by atoms with Crippen molar-refractivity contribution in [3.8, 4) is 0 Å². The maximum Gasteiger partial charge on any atom is 0.128 e. The second kappa shape index (κ2) is 15.9. The molecule has 4 aromatic rings. The molecule has 54 heavy (non-hydrogen) atoms. The monoisotopic (exact) mass is 723 g/mol. The molecule has 9 nitrogen and oxygen atoms in total. The van der Waals surface area contributed by atoms with Gasteiger partial charge in [-0.3, -0.25) is 24.7 Å². The molecule has 5 aliphatic heterocycles. The lowest BCUT2D eigenvalue weighted by molar-refractivity contribution is -0.0506. The predicted octanol–water partition coefficient (Wildman–Crippen LogP) is 5.11. The van der Waals surface area contributed by atoms with Crippen molar-refractivity contribution in [1.29, 1.82) is 0 Å². The summed E-state index contributed by atoms with van der Waals surface area (Å²) in [5.41, 5.74) is 6.19. The maximum absolute atomic E-state index is 5.58. The molecule has 4 saturated heterocycles. The van der Waals surface area contributed by atoms with Gasteiger partial charge in [0.15, 0.2) is 0 Å². The van der Waals surface area contributed by atoms with Crippen molar-refractivity contribution < 1.29 is 0 Å². The highest BCUT2D eigenvalue weighted by Gasteiger charge is 2.70. The van der Waals surface area contributed by atoms with Crippen LogP contribution in [0.5, 0.6) is 0 Å². The van der Waals surface area contributed by atoms with Gasteiger partial charge in [0.1, 0.15) is 5.66 Å². The number of nitrogens with zero attached hydrogens (tertiary/aromatic N) is 7. The molecule has 0 bridgehead atoms. The molecule has 3 atom stereocenters. The number of benzene rings is 2. The number of likely N-dealkylation sites (tertiary alicyclic amines) is 2.